The summed E-state index contributed by atoms with van der Waals surface area (Å²) in [6, 6.07) is 14.1. The lowest BCUT2D eigenvalue weighted by atomic mass is 10.1. The third-order valence-electron chi connectivity index (χ3n) is 3.24. The Bertz CT molecular complexity index is 748. The van der Waals surface area contributed by atoms with Crippen LogP contribution in [0.3, 0.4) is 0 Å². The van der Waals surface area contributed by atoms with Crippen molar-refractivity contribution in [1.82, 2.24) is 4.72 Å². The zero-order valence-corrected chi connectivity index (χ0v) is 15.0. The summed E-state index contributed by atoms with van der Waals surface area (Å²) in [4.78, 5) is 1.09. The first-order valence-electron chi connectivity index (χ1n) is 6.93. The molecule has 0 spiro atoms. The van der Waals surface area contributed by atoms with E-state index >= 15 is 0 Å². The van der Waals surface area contributed by atoms with Gasteiger partial charge in [-0.3, -0.25) is 0 Å². The molecule has 2 aromatic rings. The van der Waals surface area contributed by atoms with Gasteiger partial charge in [-0.25, -0.2) is 13.1 Å². The van der Waals surface area contributed by atoms with E-state index in [9.17, 15) is 13.5 Å². The van der Waals surface area contributed by atoms with E-state index in [4.69, 9.17) is 11.6 Å². The molecule has 7 heteroatoms. The fourth-order valence-electron chi connectivity index (χ4n) is 2.05. The number of aliphatic hydroxyl groups excluding tert-OH is 1. The highest BCUT2D eigenvalue weighted by atomic mass is 35.5. The predicted octanol–water partition coefficient (Wildman–Crippen LogP) is 3.21. The average Bonchev–Trinajstić information content (AvgIpc) is 2.52. The van der Waals surface area contributed by atoms with E-state index in [1.165, 1.54) is 0 Å². The summed E-state index contributed by atoms with van der Waals surface area (Å²) >= 11 is 7.45. The van der Waals surface area contributed by atoms with Crippen molar-refractivity contribution in [2.24, 2.45) is 0 Å². The second-order valence-corrected chi connectivity index (χ2v) is 8.15. The van der Waals surface area contributed by atoms with Crippen molar-refractivity contribution in [3.05, 3.63) is 64.7 Å². The predicted molar refractivity (Wildman–Crippen MR) is 95.3 cm³/mol. The molecule has 0 amide bonds. The summed E-state index contributed by atoms with van der Waals surface area (Å²) in [5.41, 5.74) is 1.28. The van der Waals surface area contributed by atoms with Gasteiger partial charge < -0.3 is 5.11 Å². The Morgan fingerprint density at radius 2 is 1.91 bits per heavy atom. The highest BCUT2D eigenvalue weighted by Gasteiger charge is 2.15. The second kappa shape index (κ2) is 8.17. The second-order valence-electron chi connectivity index (χ2n) is 5.03. The highest BCUT2D eigenvalue weighted by Crippen LogP contribution is 2.19. The van der Waals surface area contributed by atoms with Crippen LogP contribution in [0.15, 0.2) is 53.4 Å². The maximum Gasteiger partial charge on any atom is 0.215 e. The van der Waals surface area contributed by atoms with Crippen LogP contribution in [-0.4, -0.2) is 26.3 Å². The molecule has 0 fully saturated rings. The normalized spacial score (nSPS) is 13.0. The van der Waals surface area contributed by atoms with E-state index in [1.807, 2.05) is 18.4 Å². The molecule has 0 aromatic heterocycles. The summed E-state index contributed by atoms with van der Waals surface area (Å²) in [6.45, 7) is -0.0679. The molecule has 4 nitrogen and oxygen atoms in total. The monoisotopic (exact) mass is 371 g/mol. The maximum absolute atomic E-state index is 12.1. The summed E-state index contributed by atoms with van der Waals surface area (Å²) in [5, 5.41) is 10.6. The zero-order chi connectivity index (χ0) is 16.9. The Morgan fingerprint density at radius 1 is 1.22 bits per heavy atom. The topological polar surface area (TPSA) is 66.4 Å². The summed E-state index contributed by atoms with van der Waals surface area (Å²) in [7, 11) is -3.54. The van der Waals surface area contributed by atoms with Crippen LogP contribution in [0.4, 0.5) is 0 Å². The van der Waals surface area contributed by atoms with Crippen LogP contribution in [0.1, 0.15) is 17.2 Å². The van der Waals surface area contributed by atoms with Gasteiger partial charge in [0.25, 0.3) is 0 Å². The van der Waals surface area contributed by atoms with Crippen molar-refractivity contribution >= 4 is 33.4 Å². The quantitative estimate of drug-likeness (QED) is 0.733. The number of benzene rings is 2. The number of halogens is 1. The van der Waals surface area contributed by atoms with Gasteiger partial charge in [0.1, 0.15) is 0 Å². The van der Waals surface area contributed by atoms with Crippen molar-refractivity contribution in [3.63, 3.8) is 0 Å². The van der Waals surface area contributed by atoms with Crippen LogP contribution >= 0.6 is 23.4 Å². The Balaban J connectivity index is 1.95. The summed E-state index contributed by atoms with van der Waals surface area (Å²) < 4.78 is 26.6. The van der Waals surface area contributed by atoms with Gasteiger partial charge >= 0.3 is 0 Å². The number of aliphatic hydroxyl groups is 1. The van der Waals surface area contributed by atoms with Gasteiger partial charge in [-0.15, -0.1) is 11.8 Å². The van der Waals surface area contributed by atoms with Crippen LogP contribution in [0.5, 0.6) is 0 Å². The summed E-state index contributed by atoms with van der Waals surface area (Å²) in [6.07, 6.45) is 1.08. The number of hydrogen-bond donors (Lipinski definition) is 2. The van der Waals surface area contributed by atoms with Gasteiger partial charge in [0.15, 0.2) is 0 Å². The Hall–Kier alpha value is -1.05. The molecule has 23 heavy (non-hydrogen) atoms. The Kier molecular flexibility index (Phi) is 6.50. The van der Waals surface area contributed by atoms with Gasteiger partial charge in [0.2, 0.25) is 10.0 Å². The molecule has 2 N–H and O–H groups in total. The molecule has 0 saturated heterocycles. The van der Waals surface area contributed by atoms with Crippen LogP contribution in [0.2, 0.25) is 5.02 Å². The van der Waals surface area contributed by atoms with E-state index in [1.54, 1.807) is 48.2 Å². The van der Waals surface area contributed by atoms with Crippen molar-refractivity contribution < 1.29 is 13.5 Å². The fraction of sp³-hybridized carbons (Fsp3) is 0.250. The highest BCUT2D eigenvalue weighted by molar-refractivity contribution is 7.98. The number of sulfonamides is 1. The molecule has 1 unspecified atom stereocenters. The van der Waals surface area contributed by atoms with E-state index < -0.39 is 16.1 Å². The molecule has 2 rings (SSSR count). The fourth-order valence-corrected chi connectivity index (χ4v) is 3.80. The maximum atomic E-state index is 12.1. The summed E-state index contributed by atoms with van der Waals surface area (Å²) in [5.74, 6) is -0.175. The van der Waals surface area contributed by atoms with E-state index in [0.717, 1.165) is 4.90 Å². The van der Waals surface area contributed by atoms with Gasteiger partial charge in [-0.2, -0.15) is 0 Å². The minimum atomic E-state index is -3.54. The van der Waals surface area contributed by atoms with E-state index in [2.05, 4.69) is 4.72 Å². The molecule has 0 saturated carbocycles. The molecule has 0 heterocycles. The lowest BCUT2D eigenvalue weighted by Crippen LogP contribution is -2.29. The van der Waals surface area contributed by atoms with Gasteiger partial charge in [0, 0.05) is 16.5 Å². The standard InChI is InChI=1S/C16H18ClNO3S2/c1-22-15-7-5-13(6-8-15)16(19)10-18-23(20,21)11-12-3-2-4-14(17)9-12/h2-9,16,18-19H,10-11H2,1H3. The first kappa shape index (κ1) is 18.3. The first-order chi connectivity index (χ1) is 10.9. The molecule has 0 aliphatic carbocycles. The minimum Gasteiger partial charge on any atom is -0.387 e. The van der Waals surface area contributed by atoms with Crippen molar-refractivity contribution in [2.75, 3.05) is 12.8 Å². The molecular formula is C16H18ClNO3S2. The SMILES string of the molecule is CSc1ccc(C(O)CNS(=O)(=O)Cc2cccc(Cl)c2)cc1. The van der Waals surface area contributed by atoms with Crippen LogP contribution in [0, 0.1) is 0 Å². The van der Waals surface area contributed by atoms with Crippen molar-refractivity contribution in [2.45, 2.75) is 16.8 Å². The lowest BCUT2D eigenvalue weighted by molar-refractivity contribution is 0.182. The molecule has 1 atom stereocenters. The molecule has 0 radical (unpaired) electrons. The van der Waals surface area contributed by atoms with Crippen molar-refractivity contribution in [1.29, 1.82) is 0 Å². The smallest absolute Gasteiger partial charge is 0.215 e. The number of hydrogen-bond acceptors (Lipinski definition) is 4. The first-order valence-corrected chi connectivity index (χ1v) is 10.2. The average molecular weight is 372 g/mol. The van der Waals surface area contributed by atoms with Crippen LogP contribution < -0.4 is 4.72 Å². The van der Waals surface area contributed by atoms with Gasteiger partial charge in [-0.1, -0.05) is 35.9 Å². The van der Waals surface area contributed by atoms with Crippen LogP contribution in [-0.2, 0) is 15.8 Å². The molecule has 0 aliphatic rings. The van der Waals surface area contributed by atoms with Gasteiger partial charge in [0.05, 0.1) is 11.9 Å². The molecule has 124 valence electrons. The zero-order valence-electron chi connectivity index (χ0n) is 12.6. The molecular weight excluding hydrogens is 354 g/mol. The largest absolute Gasteiger partial charge is 0.387 e. The Labute approximate surface area is 145 Å². The van der Waals surface area contributed by atoms with Crippen molar-refractivity contribution in [3.8, 4) is 0 Å². The van der Waals surface area contributed by atoms with E-state index in [0.29, 0.717) is 16.1 Å². The molecule has 0 aliphatic heterocycles. The third kappa shape index (κ3) is 5.82. The molecule has 0 bridgehead atoms. The Morgan fingerprint density at radius 3 is 2.52 bits per heavy atom. The molecule has 2 aromatic carbocycles. The third-order valence-corrected chi connectivity index (χ3v) is 5.54. The van der Waals surface area contributed by atoms with Gasteiger partial charge in [-0.05, 0) is 41.6 Å². The number of nitrogens with one attached hydrogen (secondary N) is 1. The van der Waals surface area contributed by atoms with E-state index in [-0.39, 0.29) is 12.3 Å². The number of rotatable bonds is 7. The minimum absolute atomic E-state index is 0.0679. The number of thioether (sulfide) groups is 1. The lowest BCUT2D eigenvalue weighted by Gasteiger charge is -2.13. The van der Waals surface area contributed by atoms with Crippen LogP contribution in [0.25, 0.3) is 0 Å².